The first-order valence-corrected chi connectivity index (χ1v) is 9.55. The molecule has 152 valence electrons. The van der Waals surface area contributed by atoms with Gasteiger partial charge in [-0.2, -0.15) is 0 Å². The number of furan rings is 1. The molecular formula is C23H40F2O. The molecule has 0 aliphatic rings. The first-order chi connectivity index (χ1) is 12.5. The summed E-state index contributed by atoms with van der Waals surface area (Å²) in [5.41, 5.74) is 2.86. The lowest BCUT2D eigenvalue weighted by molar-refractivity contribution is 0.487. The van der Waals surface area contributed by atoms with E-state index in [1.54, 1.807) is 6.26 Å². The van der Waals surface area contributed by atoms with Crippen LogP contribution >= 0.6 is 0 Å². The fourth-order valence-electron chi connectivity index (χ4n) is 1.63. The van der Waals surface area contributed by atoms with Gasteiger partial charge in [0.2, 0.25) is 0 Å². The Kier molecular flexibility index (Phi) is 26.2. The molecule has 0 saturated heterocycles. The summed E-state index contributed by atoms with van der Waals surface area (Å²) in [6, 6.07) is 12.7. The summed E-state index contributed by atoms with van der Waals surface area (Å²) in [6.45, 7) is 14.0. The van der Waals surface area contributed by atoms with Crippen LogP contribution in [0.1, 0.15) is 77.7 Å². The van der Waals surface area contributed by atoms with Crippen LogP contribution in [0.4, 0.5) is 8.78 Å². The molecule has 1 aromatic carbocycles. The van der Waals surface area contributed by atoms with E-state index in [2.05, 4.69) is 65.8 Å². The Hall–Kier alpha value is -1.64. The first-order valence-electron chi connectivity index (χ1n) is 9.55. The smallest absolute Gasteiger partial charge is 0.106 e. The van der Waals surface area contributed by atoms with E-state index in [1.807, 2.05) is 12.1 Å². The van der Waals surface area contributed by atoms with Crippen LogP contribution in [0.25, 0.3) is 0 Å². The minimum Gasteiger partial charge on any atom is -0.469 e. The summed E-state index contributed by atoms with van der Waals surface area (Å²) in [5.74, 6) is 1.58. The molecule has 2 aromatic rings. The van der Waals surface area contributed by atoms with Crippen LogP contribution in [-0.2, 0) is 12.8 Å². The maximum Gasteiger partial charge on any atom is 0.106 e. The molecule has 0 amide bonds. The Labute approximate surface area is 160 Å². The minimum absolute atomic E-state index is 0.250. The second kappa shape index (κ2) is 23.4. The van der Waals surface area contributed by atoms with Gasteiger partial charge in [0.25, 0.3) is 0 Å². The van der Waals surface area contributed by atoms with Gasteiger partial charge in [0.1, 0.15) is 5.76 Å². The fraction of sp³-hybridized carbons (Fsp3) is 0.565. The molecule has 0 aliphatic carbocycles. The average Bonchev–Trinajstić information content (AvgIpc) is 3.20. The highest BCUT2D eigenvalue weighted by Crippen LogP contribution is 2.12. The van der Waals surface area contributed by atoms with Crippen LogP contribution in [0, 0.1) is 0 Å². The van der Waals surface area contributed by atoms with Gasteiger partial charge in [0.15, 0.2) is 0 Å². The predicted molar refractivity (Wildman–Crippen MR) is 113 cm³/mol. The zero-order chi connectivity index (χ0) is 20.8. The molecular weight excluding hydrogens is 330 g/mol. The SMILES string of the molecule is CC(C)c1ccco1.CCC.CCF.CCc1ccc(CC)cc1.CF. The van der Waals surface area contributed by atoms with Gasteiger partial charge in [-0.3, -0.25) is 8.78 Å². The highest BCUT2D eigenvalue weighted by Gasteiger charge is 1.97. The quantitative estimate of drug-likeness (QED) is 0.530. The molecule has 1 aromatic heterocycles. The molecule has 0 fully saturated rings. The van der Waals surface area contributed by atoms with Gasteiger partial charge in [-0.15, -0.1) is 0 Å². The Morgan fingerprint density at radius 3 is 1.31 bits per heavy atom. The van der Waals surface area contributed by atoms with Crippen molar-refractivity contribution in [3.8, 4) is 0 Å². The largest absolute Gasteiger partial charge is 0.469 e. The summed E-state index contributed by atoms with van der Waals surface area (Å²) in [5, 5.41) is 0. The Morgan fingerprint density at radius 2 is 1.15 bits per heavy atom. The average molecular weight is 371 g/mol. The van der Waals surface area contributed by atoms with Crippen molar-refractivity contribution in [2.75, 3.05) is 13.9 Å². The highest BCUT2D eigenvalue weighted by molar-refractivity contribution is 5.22. The van der Waals surface area contributed by atoms with Crippen LogP contribution in [0.3, 0.4) is 0 Å². The summed E-state index contributed by atoms with van der Waals surface area (Å²) < 4.78 is 24.9. The van der Waals surface area contributed by atoms with E-state index in [9.17, 15) is 8.78 Å². The van der Waals surface area contributed by atoms with E-state index in [-0.39, 0.29) is 6.67 Å². The molecule has 0 unspecified atom stereocenters. The zero-order valence-electron chi connectivity index (χ0n) is 18.1. The van der Waals surface area contributed by atoms with Gasteiger partial charge in [0, 0.05) is 5.92 Å². The second-order valence-electron chi connectivity index (χ2n) is 5.67. The van der Waals surface area contributed by atoms with E-state index in [0.29, 0.717) is 13.1 Å². The van der Waals surface area contributed by atoms with Crippen LogP contribution in [0.15, 0.2) is 47.1 Å². The van der Waals surface area contributed by atoms with Gasteiger partial charge in [0.05, 0.1) is 20.1 Å². The molecule has 0 atom stereocenters. The van der Waals surface area contributed by atoms with E-state index in [0.717, 1.165) is 18.6 Å². The lowest BCUT2D eigenvalue weighted by Gasteiger charge is -1.97. The molecule has 2 rings (SSSR count). The summed E-state index contributed by atoms with van der Waals surface area (Å²) in [7, 11) is 0.500. The number of hydrogen-bond donors (Lipinski definition) is 0. The van der Waals surface area contributed by atoms with Crippen molar-refractivity contribution in [3.05, 3.63) is 59.5 Å². The van der Waals surface area contributed by atoms with E-state index in [4.69, 9.17) is 4.42 Å². The summed E-state index contributed by atoms with van der Waals surface area (Å²) in [6.07, 6.45) is 5.24. The van der Waals surface area contributed by atoms with Gasteiger partial charge in [-0.25, -0.2) is 0 Å². The van der Waals surface area contributed by atoms with Crippen LogP contribution in [0.5, 0.6) is 0 Å². The van der Waals surface area contributed by atoms with Crippen LogP contribution < -0.4 is 0 Å². The molecule has 1 nitrogen and oxygen atoms in total. The predicted octanol–water partition coefficient (Wildman–Crippen LogP) is 8.19. The van der Waals surface area contributed by atoms with Gasteiger partial charge in [-0.1, -0.05) is 72.2 Å². The monoisotopic (exact) mass is 370 g/mol. The van der Waals surface area contributed by atoms with Crippen molar-refractivity contribution < 1.29 is 13.2 Å². The zero-order valence-corrected chi connectivity index (χ0v) is 18.1. The number of halogens is 2. The van der Waals surface area contributed by atoms with Crippen LogP contribution in [-0.4, -0.2) is 13.9 Å². The Morgan fingerprint density at radius 1 is 0.808 bits per heavy atom. The molecule has 0 spiro atoms. The molecule has 0 bridgehead atoms. The van der Waals surface area contributed by atoms with Crippen molar-refractivity contribution in [3.63, 3.8) is 0 Å². The molecule has 0 saturated carbocycles. The molecule has 0 aliphatic heterocycles. The third kappa shape index (κ3) is 18.7. The second-order valence-corrected chi connectivity index (χ2v) is 5.67. The van der Waals surface area contributed by atoms with Crippen molar-refractivity contribution in [1.29, 1.82) is 0 Å². The van der Waals surface area contributed by atoms with Crippen molar-refractivity contribution in [2.45, 2.75) is 73.6 Å². The molecule has 0 radical (unpaired) electrons. The van der Waals surface area contributed by atoms with Crippen LogP contribution in [0.2, 0.25) is 0 Å². The summed E-state index contributed by atoms with van der Waals surface area (Å²) in [4.78, 5) is 0. The fourth-order valence-corrected chi connectivity index (χ4v) is 1.63. The normalized spacial score (nSPS) is 8.58. The number of rotatable bonds is 3. The van der Waals surface area contributed by atoms with Crippen molar-refractivity contribution >= 4 is 0 Å². The molecule has 1 heterocycles. The lowest BCUT2D eigenvalue weighted by atomic mass is 10.1. The third-order valence-electron chi connectivity index (χ3n) is 2.95. The van der Waals surface area contributed by atoms with Gasteiger partial charge in [-0.05, 0) is 43.0 Å². The van der Waals surface area contributed by atoms with E-state index < -0.39 is 0 Å². The molecule has 0 N–H and O–H groups in total. The topological polar surface area (TPSA) is 13.1 Å². The number of aryl methyl sites for hydroxylation is 2. The van der Waals surface area contributed by atoms with E-state index in [1.165, 1.54) is 24.5 Å². The van der Waals surface area contributed by atoms with E-state index >= 15 is 0 Å². The maximum atomic E-state index is 10.3. The first kappa shape index (κ1) is 29.1. The Balaban J connectivity index is -0.000000296. The lowest BCUT2D eigenvalue weighted by Crippen LogP contribution is -1.81. The molecule has 26 heavy (non-hydrogen) atoms. The third-order valence-corrected chi connectivity index (χ3v) is 2.95. The Bertz CT molecular complexity index is 423. The maximum absolute atomic E-state index is 10.3. The van der Waals surface area contributed by atoms with Crippen molar-refractivity contribution in [2.24, 2.45) is 0 Å². The highest BCUT2D eigenvalue weighted by atomic mass is 19.1. The summed E-state index contributed by atoms with van der Waals surface area (Å²) >= 11 is 0. The number of benzene rings is 1. The van der Waals surface area contributed by atoms with Gasteiger partial charge < -0.3 is 4.42 Å². The van der Waals surface area contributed by atoms with Gasteiger partial charge >= 0.3 is 0 Å². The molecule has 3 heteroatoms. The number of hydrogen-bond acceptors (Lipinski definition) is 1. The standard InChI is InChI=1S/C10H14.C7H10O.C3H8.C2H5F.CH3F/c1-3-9-5-7-10(4-2)8-6-9;1-6(2)7-4-3-5-8-7;1-3-2;1-2-3;1-2/h5-8H,3-4H2,1-2H3;3-6H,1-2H3;3H2,1-2H3;2H2,1H3;1H3. The van der Waals surface area contributed by atoms with Crippen molar-refractivity contribution in [1.82, 2.24) is 0 Å². The number of alkyl halides is 2. The minimum atomic E-state index is -0.250.